The van der Waals surface area contributed by atoms with Crippen molar-refractivity contribution < 1.29 is 0 Å². The zero-order valence-corrected chi connectivity index (χ0v) is 43.1. The number of rotatable bonds is 5. The van der Waals surface area contributed by atoms with E-state index in [2.05, 4.69) is 261 Å². The van der Waals surface area contributed by atoms with Gasteiger partial charge in [0.05, 0.1) is 17.1 Å². The van der Waals surface area contributed by atoms with Gasteiger partial charge in [0.2, 0.25) is 0 Å². The molecule has 0 N–H and O–H groups in total. The van der Waals surface area contributed by atoms with E-state index in [0.29, 0.717) is 0 Å². The summed E-state index contributed by atoms with van der Waals surface area (Å²) in [5, 5.41) is 3.78. The Morgan fingerprint density at radius 2 is 1.15 bits per heavy atom. The zero-order valence-electron chi connectivity index (χ0n) is 41.4. The molecule has 0 saturated heterocycles. The highest BCUT2D eigenvalue weighted by molar-refractivity contribution is 8.05. The van der Waals surface area contributed by atoms with E-state index in [9.17, 15) is 0 Å². The summed E-state index contributed by atoms with van der Waals surface area (Å²) in [4.78, 5) is 10.4. The molecule has 73 heavy (non-hydrogen) atoms. The molecule has 1 aliphatic carbocycles. The molecule has 0 atom stereocenters. The van der Waals surface area contributed by atoms with Gasteiger partial charge in [-0.05, 0) is 122 Å². The Bertz CT molecular complexity index is 4080. The molecule has 6 heteroatoms. The highest BCUT2D eigenvalue weighted by Crippen LogP contribution is 2.60. The van der Waals surface area contributed by atoms with Gasteiger partial charge in [-0.3, -0.25) is 0 Å². The van der Waals surface area contributed by atoms with Crippen LogP contribution in [-0.2, 0) is 10.8 Å². The van der Waals surface area contributed by atoms with Crippen LogP contribution in [0.1, 0.15) is 51.4 Å². The Morgan fingerprint density at radius 3 is 1.86 bits per heavy atom. The van der Waals surface area contributed by atoms with Crippen molar-refractivity contribution in [2.45, 2.75) is 65.0 Å². The molecule has 4 aliphatic rings. The zero-order chi connectivity index (χ0) is 48.9. The molecule has 0 radical (unpaired) electrons. The van der Waals surface area contributed by atoms with Gasteiger partial charge in [0.15, 0.2) is 0 Å². The Hall–Kier alpha value is -7.64. The van der Waals surface area contributed by atoms with Crippen LogP contribution in [0.15, 0.2) is 232 Å². The largest absolute Gasteiger partial charge is 0.378 e. The lowest BCUT2D eigenvalue weighted by atomic mass is 9.44. The second-order valence-electron chi connectivity index (χ2n) is 21.6. The molecular weight excluding hydrogens is 922 g/mol. The minimum Gasteiger partial charge on any atom is -0.378 e. The van der Waals surface area contributed by atoms with E-state index in [-0.39, 0.29) is 17.7 Å². The van der Waals surface area contributed by atoms with E-state index < -0.39 is 0 Å². The van der Waals surface area contributed by atoms with Crippen molar-refractivity contribution in [3.63, 3.8) is 0 Å². The first-order valence-corrected chi connectivity index (χ1v) is 27.2. The molecular formula is C67H50BN3S2. The summed E-state index contributed by atoms with van der Waals surface area (Å²) in [6.45, 7) is 11.8. The topological polar surface area (TPSA) is 11.4 Å². The van der Waals surface area contributed by atoms with Crippen LogP contribution < -0.4 is 20.7 Å². The maximum atomic E-state index is 2.84. The summed E-state index contributed by atoms with van der Waals surface area (Å²) in [7, 11) is 0. The fraction of sp³-hybridized carbons (Fsp3) is 0.104. The van der Waals surface area contributed by atoms with Crippen molar-refractivity contribution in [1.29, 1.82) is 0 Å². The molecule has 1 aromatic heterocycles. The number of aromatic nitrogens is 1. The quantitative estimate of drug-likeness (QED) is 0.159. The molecule has 0 saturated carbocycles. The third-order valence-corrected chi connectivity index (χ3v) is 18.6. The normalized spacial score (nSPS) is 14.3. The van der Waals surface area contributed by atoms with Crippen LogP contribution >= 0.6 is 23.5 Å². The Labute approximate surface area is 436 Å². The van der Waals surface area contributed by atoms with Crippen molar-refractivity contribution >= 4 is 97.1 Å². The number of benzene rings is 10. The minimum atomic E-state index is -0.323. The second-order valence-corrected chi connectivity index (χ2v) is 23.8. The molecule has 4 heterocycles. The van der Waals surface area contributed by atoms with Gasteiger partial charge in [0, 0.05) is 80.7 Å². The van der Waals surface area contributed by atoms with Crippen LogP contribution in [0.5, 0.6) is 0 Å². The lowest BCUT2D eigenvalue weighted by Crippen LogP contribution is -2.58. The van der Waals surface area contributed by atoms with Crippen molar-refractivity contribution in [2.24, 2.45) is 0 Å². The lowest BCUT2D eigenvalue weighted by Gasteiger charge is -2.43. The fourth-order valence-corrected chi connectivity index (χ4v) is 15.1. The van der Waals surface area contributed by atoms with E-state index in [0.717, 1.165) is 11.4 Å². The van der Waals surface area contributed by atoms with Crippen molar-refractivity contribution in [1.82, 2.24) is 4.48 Å². The first-order valence-electron chi connectivity index (χ1n) is 25.5. The van der Waals surface area contributed by atoms with E-state index >= 15 is 0 Å². The smallest absolute Gasteiger partial charge is 0.332 e. The molecule has 15 rings (SSSR count). The van der Waals surface area contributed by atoms with Gasteiger partial charge in [0.1, 0.15) is 0 Å². The number of nitrogens with zero attached hydrogens (tertiary/aromatic N) is 3. The molecule has 3 aliphatic heterocycles. The van der Waals surface area contributed by atoms with Crippen molar-refractivity contribution in [2.75, 3.05) is 9.80 Å². The van der Waals surface area contributed by atoms with E-state index in [1.807, 2.05) is 23.5 Å². The second kappa shape index (κ2) is 15.7. The van der Waals surface area contributed by atoms with Gasteiger partial charge in [-0.1, -0.05) is 198 Å². The molecule has 10 aromatic carbocycles. The van der Waals surface area contributed by atoms with Crippen LogP contribution in [0, 0.1) is 0 Å². The summed E-state index contributed by atoms with van der Waals surface area (Å²) >= 11 is 3.82. The Balaban J connectivity index is 1.12. The number of para-hydroxylation sites is 2. The third-order valence-electron chi connectivity index (χ3n) is 16.1. The molecule has 0 fully saturated rings. The SMILES string of the molecule is CC(C)(C)c1ccc(N2c3cc4c(cc3B3c5c(cc6ccccc6c52)-c2ccc(N(c5ccccc5)c5ccccc5)c5c6c(n3c25)C(C)(C)c2ccccc2-6)Sc2ccccc2S4)c(-c2ccccc2)c1. The Morgan fingerprint density at radius 1 is 0.521 bits per heavy atom. The predicted octanol–water partition coefficient (Wildman–Crippen LogP) is 17.6. The fourth-order valence-electron chi connectivity index (χ4n) is 12.8. The number of hydrogen-bond donors (Lipinski definition) is 0. The van der Waals surface area contributed by atoms with Crippen molar-refractivity contribution in [3.05, 3.63) is 229 Å². The average Bonchev–Trinajstić information content (AvgIpc) is 3.92. The molecule has 0 amide bonds. The standard InChI is InChI=1S/C67H50BN3S2/c1-66(2,3)43-33-35-53(49(38-43)41-21-9-6-10-22-41)70-55-40-59-58(72-56-31-19-20-32-57(56)73-59)39-52(55)68-62-50(37-42-23-15-16-28-46(42)64(62)70)47-34-36-54(69(44-24-11-7-12-25-44)45-26-13-8-14-27-45)61-60-48-29-17-18-30-51(48)67(4,5)65(60)71(68)63(47)61/h6-40H,1-5H3. The van der Waals surface area contributed by atoms with E-state index in [1.165, 1.54) is 125 Å². The summed E-state index contributed by atoms with van der Waals surface area (Å²) in [6.07, 6.45) is 0. The highest BCUT2D eigenvalue weighted by atomic mass is 32.2. The average molecular weight is 972 g/mol. The van der Waals surface area contributed by atoms with Gasteiger partial charge < -0.3 is 14.3 Å². The van der Waals surface area contributed by atoms with Crippen LogP contribution in [0.3, 0.4) is 0 Å². The predicted molar refractivity (Wildman–Crippen MR) is 311 cm³/mol. The van der Waals surface area contributed by atoms with Crippen LogP contribution in [0.4, 0.5) is 34.1 Å². The van der Waals surface area contributed by atoms with E-state index in [4.69, 9.17) is 0 Å². The van der Waals surface area contributed by atoms with E-state index in [1.54, 1.807) is 0 Å². The van der Waals surface area contributed by atoms with Crippen LogP contribution in [0.25, 0.3) is 55.1 Å². The van der Waals surface area contributed by atoms with Crippen molar-refractivity contribution in [3.8, 4) is 33.4 Å². The molecule has 11 aromatic rings. The summed E-state index contributed by atoms with van der Waals surface area (Å²) in [5.41, 5.74) is 22.4. The minimum absolute atomic E-state index is 0.0460. The molecule has 0 unspecified atom stereocenters. The molecule has 348 valence electrons. The highest BCUT2D eigenvalue weighted by Gasteiger charge is 2.50. The van der Waals surface area contributed by atoms with Crippen LogP contribution in [0.2, 0.25) is 0 Å². The summed E-state index contributed by atoms with van der Waals surface area (Å²) in [6, 6.07) is 80.1. The third kappa shape index (κ3) is 6.17. The maximum Gasteiger partial charge on any atom is 0.332 e. The monoisotopic (exact) mass is 971 g/mol. The first kappa shape index (κ1) is 43.0. The summed E-state index contributed by atoms with van der Waals surface area (Å²) < 4.78 is 2.84. The van der Waals surface area contributed by atoms with Crippen LogP contribution in [-0.4, -0.2) is 11.3 Å². The number of fused-ring (bicyclic) bond motifs is 13. The number of hydrogen-bond acceptors (Lipinski definition) is 4. The van der Waals surface area contributed by atoms with Gasteiger partial charge in [-0.15, -0.1) is 0 Å². The first-order chi connectivity index (χ1) is 35.6. The number of anilines is 6. The lowest BCUT2D eigenvalue weighted by molar-refractivity contribution is 0.590. The van der Waals surface area contributed by atoms with Gasteiger partial charge >= 0.3 is 6.85 Å². The maximum absolute atomic E-state index is 2.84. The Kier molecular flexibility index (Phi) is 9.24. The molecule has 0 spiro atoms. The van der Waals surface area contributed by atoms with Gasteiger partial charge in [-0.2, -0.15) is 0 Å². The van der Waals surface area contributed by atoms with Gasteiger partial charge in [-0.25, -0.2) is 0 Å². The molecule has 3 nitrogen and oxygen atoms in total. The summed E-state index contributed by atoms with van der Waals surface area (Å²) in [5.74, 6) is 0. The van der Waals surface area contributed by atoms with Gasteiger partial charge in [0.25, 0.3) is 0 Å². The molecule has 0 bridgehead atoms.